The molecule has 1 unspecified atom stereocenters. The van der Waals surface area contributed by atoms with Gasteiger partial charge < -0.3 is 10.2 Å². The van der Waals surface area contributed by atoms with E-state index in [1.54, 1.807) is 23.1 Å². The highest BCUT2D eigenvalue weighted by molar-refractivity contribution is 5.95. The SMILES string of the molecule is CC1CC(=O)NCCN1C(=O)c1cccc(-n2cnnn2)c1. The molecule has 2 aromatic rings. The van der Waals surface area contributed by atoms with Crippen LogP contribution in [0, 0.1) is 0 Å². The van der Waals surface area contributed by atoms with Gasteiger partial charge in [0.2, 0.25) is 5.91 Å². The molecule has 2 amide bonds. The van der Waals surface area contributed by atoms with Crippen LogP contribution >= 0.6 is 0 Å². The molecule has 1 aromatic heterocycles. The molecule has 0 saturated carbocycles. The van der Waals surface area contributed by atoms with Crippen molar-refractivity contribution in [1.82, 2.24) is 30.4 Å². The molecule has 3 rings (SSSR count). The third kappa shape index (κ3) is 2.80. The van der Waals surface area contributed by atoms with E-state index in [0.717, 1.165) is 0 Å². The van der Waals surface area contributed by atoms with Crippen molar-refractivity contribution in [3.63, 3.8) is 0 Å². The lowest BCUT2D eigenvalue weighted by atomic mass is 10.1. The maximum absolute atomic E-state index is 12.7. The number of carbonyl (C=O) groups is 2. The standard InChI is InChI=1S/C14H16N6O2/c1-10-7-13(21)15-5-6-19(10)14(22)11-3-2-4-12(8-11)20-9-16-17-18-20/h2-4,8-10H,5-7H2,1H3,(H,15,21). The van der Waals surface area contributed by atoms with Gasteiger partial charge in [0.15, 0.2) is 0 Å². The zero-order chi connectivity index (χ0) is 15.5. The van der Waals surface area contributed by atoms with Gasteiger partial charge in [-0.15, -0.1) is 5.10 Å². The molecule has 1 N–H and O–H groups in total. The Balaban J connectivity index is 1.85. The average molecular weight is 300 g/mol. The quantitative estimate of drug-likeness (QED) is 0.843. The lowest BCUT2D eigenvalue weighted by molar-refractivity contribution is -0.121. The van der Waals surface area contributed by atoms with Crippen molar-refractivity contribution in [3.8, 4) is 5.69 Å². The zero-order valence-electron chi connectivity index (χ0n) is 12.1. The second kappa shape index (κ2) is 5.92. The van der Waals surface area contributed by atoms with Crippen LogP contribution in [0.5, 0.6) is 0 Å². The predicted octanol–water partition coefficient (Wildman–Crippen LogP) is 0.0129. The molecular formula is C14H16N6O2. The minimum absolute atomic E-state index is 0.0229. The topological polar surface area (TPSA) is 93.0 Å². The number of tetrazole rings is 1. The largest absolute Gasteiger partial charge is 0.354 e. The highest BCUT2D eigenvalue weighted by Crippen LogP contribution is 2.15. The first-order chi connectivity index (χ1) is 10.6. The van der Waals surface area contributed by atoms with Crippen molar-refractivity contribution in [2.75, 3.05) is 13.1 Å². The Kier molecular flexibility index (Phi) is 3.82. The first-order valence-electron chi connectivity index (χ1n) is 7.06. The summed E-state index contributed by atoms with van der Waals surface area (Å²) in [5, 5.41) is 13.8. The van der Waals surface area contributed by atoms with E-state index in [-0.39, 0.29) is 17.9 Å². The van der Waals surface area contributed by atoms with Gasteiger partial charge in [-0.05, 0) is 35.5 Å². The predicted molar refractivity (Wildman–Crippen MR) is 77.3 cm³/mol. The van der Waals surface area contributed by atoms with E-state index in [0.29, 0.717) is 30.8 Å². The smallest absolute Gasteiger partial charge is 0.254 e. The number of benzene rings is 1. The summed E-state index contributed by atoms with van der Waals surface area (Å²) in [6.07, 6.45) is 1.79. The molecular weight excluding hydrogens is 284 g/mol. The fraction of sp³-hybridized carbons (Fsp3) is 0.357. The Morgan fingerprint density at radius 3 is 3.05 bits per heavy atom. The minimum Gasteiger partial charge on any atom is -0.354 e. The van der Waals surface area contributed by atoms with Crippen LogP contribution in [0.4, 0.5) is 0 Å². The maximum Gasteiger partial charge on any atom is 0.254 e. The van der Waals surface area contributed by atoms with Gasteiger partial charge >= 0.3 is 0 Å². The molecule has 2 heterocycles. The second-order valence-corrected chi connectivity index (χ2v) is 5.21. The van der Waals surface area contributed by atoms with E-state index < -0.39 is 0 Å². The number of hydrogen-bond acceptors (Lipinski definition) is 5. The number of amides is 2. The summed E-state index contributed by atoms with van der Waals surface area (Å²) in [7, 11) is 0. The molecule has 8 nitrogen and oxygen atoms in total. The van der Waals surface area contributed by atoms with Crippen molar-refractivity contribution in [2.24, 2.45) is 0 Å². The second-order valence-electron chi connectivity index (χ2n) is 5.21. The zero-order valence-corrected chi connectivity index (χ0v) is 12.1. The molecule has 8 heteroatoms. The van der Waals surface area contributed by atoms with Gasteiger partial charge in [-0.25, -0.2) is 4.68 Å². The van der Waals surface area contributed by atoms with Gasteiger partial charge in [0.1, 0.15) is 6.33 Å². The van der Waals surface area contributed by atoms with Crippen molar-refractivity contribution < 1.29 is 9.59 Å². The van der Waals surface area contributed by atoms with E-state index in [4.69, 9.17) is 0 Å². The number of aromatic nitrogens is 4. The van der Waals surface area contributed by atoms with Crippen LogP contribution in [0.25, 0.3) is 5.69 Å². The highest BCUT2D eigenvalue weighted by atomic mass is 16.2. The van der Waals surface area contributed by atoms with Gasteiger partial charge in [0.05, 0.1) is 5.69 Å². The number of nitrogens with one attached hydrogen (secondary N) is 1. The Hall–Kier alpha value is -2.77. The molecule has 1 saturated heterocycles. The molecule has 1 atom stereocenters. The Morgan fingerprint density at radius 1 is 1.41 bits per heavy atom. The van der Waals surface area contributed by atoms with Gasteiger partial charge in [-0.1, -0.05) is 6.07 Å². The van der Waals surface area contributed by atoms with Gasteiger partial charge in [0, 0.05) is 31.1 Å². The van der Waals surface area contributed by atoms with Crippen LogP contribution in [0.2, 0.25) is 0 Å². The molecule has 1 fully saturated rings. The average Bonchev–Trinajstić information content (AvgIpc) is 2.99. The number of hydrogen-bond donors (Lipinski definition) is 1. The highest BCUT2D eigenvalue weighted by Gasteiger charge is 2.26. The molecule has 1 aliphatic heterocycles. The summed E-state index contributed by atoms with van der Waals surface area (Å²) in [5.74, 6) is -0.121. The minimum atomic E-state index is -0.133. The first-order valence-corrected chi connectivity index (χ1v) is 7.06. The summed E-state index contributed by atoms with van der Waals surface area (Å²) in [5.41, 5.74) is 1.27. The normalized spacial score (nSPS) is 18.7. The van der Waals surface area contributed by atoms with Crippen molar-refractivity contribution in [3.05, 3.63) is 36.2 Å². The van der Waals surface area contributed by atoms with Crippen LogP contribution in [0.3, 0.4) is 0 Å². The van der Waals surface area contributed by atoms with Crippen molar-refractivity contribution >= 4 is 11.8 Å². The summed E-state index contributed by atoms with van der Waals surface area (Å²) < 4.78 is 1.49. The van der Waals surface area contributed by atoms with E-state index in [2.05, 4.69) is 20.8 Å². The van der Waals surface area contributed by atoms with E-state index in [9.17, 15) is 9.59 Å². The molecule has 0 spiro atoms. The molecule has 22 heavy (non-hydrogen) atoms. The molecule has 114 valence electrons. The Morgan fingerprint density at radius 2 is 2.27 bits per heavy atom. The van der Waals surface area contributed by atoms with E-state index >= 15 is 0 Å². The monoisotopic (exact) mass is 300 g/mol. The number of nitrogens with zero attached hydrogens (tertiary/aromatic N) is 5. The molecule has 0 bridgehead atoms. The third-order valence-corrected chi connectivity index (χ3v) is 3.66. The molecule has 1 aromatic carbocycles. The van der Waals surface area contributed by atoms with E-state index in [1.807, 2.05) is 13.0 Å². The fourth-order valence-electron chi connectivity index (χ4n) is 2.52. The van der Waals surface area contributed by atoms with Crippen molar-refractivity contribution in [2.45, 2.75) is 19.4 Å². The van der Waals surface area contributed by atoms with E-state index in [1.165, 1.54) is 11.0 Å². The number of carbonyl (C=O) groups excluding carboxylic acids is 2. The van der Waals surface area contributed by atoms with Gasteiger partial charge in [-0.2, -0.15) is 0 Å². The van der Waals surface area contributed by atoms with Crippen LogP contribution in [0.1, 0.15) is 23.7 Å². The van der Waals surface area contributed by atoms with Gasteiger partial charge in [-0.3, -0.25) is 9.59 Å². The Bertz CT molecular complexity index is 684. The summed E-state index contributed by atoms with van der Waals surface area (Å²) >= 11 is 0. The molecule has 1 aliphatic rings. The van der Waals surface area contributed by atoms with Gasteiger partial charge in [0.25, 0.3) is 5.91 Å². The lowest BCUT2D eigenvalue weighted by Gasteiger charge is -2.26. The fourth-order valence-corrected chi connectivity index (χ4v) is 2.52. The third-order valence-electron chi connectivity index (χ3n) is 3.66. The number of rotatable bonds is 2. The van der Waals surface area contributed by atoms with Crippen molar-refractivity contribution in [1.29, 1.82) is 0 Å². The summed E-state index contributed by atoms with van der Waals surface area (Å²) in [6, 6.07) is 6.97. The van der Waals surface area contributed by atoms with Crippen LogP contribution < -0.4 is 5.32 Å². The summed E-state index contributed by atoms with van der Waals surface area (Å²) in [6.45, 7) is 2.86. The maximum atomic E-state index is 12.7. The Labute approximate surface area is 127 Å². The van der Waals surface area contributed by atoms with Crippen LogP contribution in [0.15, 0.2) is 30.6 Å². The molecule has 0 radical (unpaired) electrons. The lowest BCUT2D eigenvalue weighted by Crippen LogP contribution is -2.39. The van der Waals surface area contributed by atoms with Crippen LogP contribution in [-0.4, -0.2) is 56.1 Å². The first kappa shape index (κ1) is 14.2. The van der Waals surface area contributed by atoms with Crippen LogP contribution in [-0.2, 0) is 4.79 Å². The molecule has 0 aliphatic carbocycles. The summed E-state index contributed by atoms with van der Waals surface area (Å²) in [4.78, 5) is 26.0.